The van der Waals surface area contributed by atoms with E-state index in [2.05, 4.69) is 26.7 Å². The maximum absolute atomic E-state index is 11.3. The third-order valence-electron chi connectivity index (χ3n) is 2.35. The van der Waals surface area contributed by atoms with Crippen molar-refractivity contribution < 1.29 is 5.11 Å². The highest BCUT2D eigenvalue weighted by atomic mass is 16.3. The molecule has 6 heteroatoms. The van der Waals surface area contributed by atoms with Crippen LogP contribution in [0.15, 0.2) is 26.7 Å². The smallest absolute Gasteiger partial charge is 0.293 e. The summed E-state index contributed by atoms with van der Waals surface area (Å²) in [6.45, 7) is 9.06. The molecule has 0 amide bonds. The largest absolute Gasteiger partial charge is 0.502 e. The summed E-state index contributed by atoms with van der Waals surface area (Å²) in [5, 5.41) is 9.14. The zero-order valence-electron chi connectivity index (χ0n) is 10.6. The first-order valence-electron chi connectivity index (χ1n) is 5.45. The molecule has 0 fully saturated rings. The molecule has 0 atom stereocenters. The number of allylic oxidation sites excluding steroid dienone is 2. The number of rotatable bonds is 4. The van der Waals surface area contributed by atoms with Crippen molar-refractivity contribution in [3.05, 3.63) is 28.1 Å². The molecule has 2 N–H and O–H groups in total. The average Bonchev–Trinajstić information content (AvgIpc) is 2.32. The number of H-pyrrole nitrogens is 1. The number of aliphatic imine (C=N–C) groups is 2. The molecule has 0 unspecified atom stereocenters. The highest BCUT2D eigenvalue weighted by molar-refractivity contribution is 5.68. The Morgan fingerprint density at radius 3 is 2.78 bits per heavy atom. The van der Waals surface area contributed by atoms with Gasteiger partial charge < -0.3 is 10.1 Å². The zero-order valence-corrected chi connectivity index (χ0v) is 10.6. The third-order valence-corrected chi connectivity index (χ3v) is 2.35. The Bertz CT molecular complexity index is 555. The minimum atomic E-state index is -0.576. The van der Waals surface area contributed by atoms with Crippen LogP contribution in [0.25, 0.3) is 5.57 Å². The van der Waals surface area contributed by atoms with Crippen molar-refractivity contribution in [2.24, 2.45) is 15.9 Å². The Kier molecular flexibility index (Phi) is 4.53. The van der Waals surface area contributed by atoms with Gasteiger partial charge >= 0.3 is 0 Å². The van der Waals surface area contributed by atoms with Crippen LogP contribution in [-0.4, -0.2) is 28.1 Å². The van der Waals surface area contributed by atoms with Gasteiger partial charge in [-0.15, -0.1) is 0 Å². The summed E-state index contributed by atoms with van der Waals surface area (Å²) in [5.41, 5.74) is 0.895. The van der Waals surface area contributed by atoms with Gasteiger partial charge in [0.15, 0.2) is 5.75 Å². The fourth-order valence-electron chi connectivity index (χ4n) is 1.48. The van der Waals surface area contributed by atoms with Crippen molar-refractivity contribution in [3.63, 3.8) is 0 Å². The summed E-state index contributed by atoms with van der Waals surface area (Å²) in [5.74, 6) is 0.110. The van der Waals surface area contributed by atoms with E-state index in [-0.39, 0.29) is 5.92 Å². The molecule has 1 aromatic heterocycles. The number of hydrogen-bond donors (Lipinski definition) is 2. The van der Waals surface area contributed by atoms with Crippen molar-refractivity contribution in [2.75, 3.05) is 0 Å². The van der Waals surface area contributed by atoms with Crippen molar-refractivity contribution in [2.45, 2.75) is 20.8 Å². The molecule has 0 spiro atoms. The zero-order chi connectivity index (χ0) is 13.7. The summed E-state index contributed by atoms with van der Waals surface area (Å²) in [4.78, 5) is 25.5. The molecule has 0 radical (unpaired) electrons. The van der Waals surface area contributed by atoms with Crippen molar-refractivity contribution in [3.8, 4) is 5.75 Å². The van der Waals surface area contributed by atoms with Crippen molar-refractivity contribution in [1.29, 1.82) is 0 Å². The third kappa shape index (κ3) is 3.13. The van der Waals surface area contributed by atoms with Gasteiger partial charge in [-0.3, -0.25) is 9.79 Å². The van der Waals surface area contributed by atoms with E-state index in [4.69, 9.17) is 5.11 Å². The van der Waals surface area contributed by atoms with Crippen LogP contribution in [0.3, 0.4) is 0 Å². The van der Waals surface area contributed by atoms with Gasteiger partial charge in [0.05, 0.1) is 11.9 Å². The first-order chi connectivity index (χ1) is 8.47. The van der Waals surface area contributed by atoms with Crippen LogP contribution in [0.4, 0.5) is 0 Å². The van der Waals surface area contributed by atoms with Crippen LogP contribution >= 0.6 is 0 Å². The molecule has 0 aliphatic rings. The molecule has 6 nitrogen and oxygen atoms in total. The van der Waals surface area contributed by atoms with Crippen LogP contribution in [0.2, 0.25) is 0 Å². The van der Waals surface area contributed by atoms with Crippen LogP contribution in [-0.2, 0) is 0 Å². The average molecular weight is 248 g/mol. The predicted molar refractivity (Wildman–Crippen MR) is 72.0 cm³/mol. The van der Waals surface area contributed by atoms with Gasteiger partial charge in [-0.2, -0.15) is 0 Å². The SMILES string of the molecule is C=NC=N/C(=C(\C)c1ncc(O)c(=O)[nH]1)C(C)C. The number of aromatic nitrogens is 2. The molecule has 0 bridgehead atoms. The molecule has 0 aliphatic heterocycles. The van der Waals surface area contributed by atoms with E-state index in [9.17, 15) is 4.79 Å². The van der Waals surface area contributed by atoms with E-state index in [1.54, 1.807) is 6.92 Å². The lowest BCUT2D eigenvalue weighted by Gasteiger charge is -2.10. The van der Waals surface area contributed by atoms with Crippen LogP contribution in [0.1, 0.15) is 26.6 Å². The van der Waals surface area contributed by atoms with Crippen molar-refractivity contribution >= 4 is 18.6 Å². The lowest BCUT2D eigenvalue weighted by atomic mass is 10.1. The lowest BCUT2D eigenvalue weighted by molar-refractivity contribution is 0.463. The minimum absolute atomic E-state index is 0.141. The van der Waals surface area contributed by atoms with E-state index in [1.807, 2.05) is 13.8 Å². The molecule has 96 valence electrons. The predicted octanol–water partition coefficient (Wildman–Crippen LogP) is 1.59. The molecule has 0 saturated carbocycles. The fourth-order valence-corrected chi connectivity index (χ4v) is 1.48. The summed E-state index contributed by atoms with van der Waals surface area (Å²) in [6.07, 6.45) is 2.46. The van der Waals surface area contributed by atoms with Crippen molar-refractivity contribution in [1.82, 2.24) is 9.97 Å². The molecule has 0 aliphatic carbocycles. The van der Waals surface area contributed by atoms with E-state index < -0.39 is 11.3 Å². The summed E-state index contributed by atoms with van der Waals surface area (Å²) in [6, 6.07) is 0. The summed E-state index contributed by atoms with van der Waals surface area (Å²) in [7, 11) is 0. The first kappa shape index (κ1) is 13.8. The Labute approximate surface area is 105 Å². The molecule has 0 aromatic carbocycles. The number of nitrogens with one attached hydrogen (secondary N) is 1. The van der Waals surface area contributed by atoms with Gasteiger partial charge in [-0.1, -0.05) is 13.8 Å². The van der Waals surface area contributed by atoms with Gasteiger partial charge in [0, 0.05) is 5.57 Å². The van der Waals surface area contributed by atoms with Crippen LogP contribution in [0, 0.1) is 5.92 Å². The minimum Gasteiger partial charge on any atom is -0.502 e. The Morgan fingerprint density at radius 2 is 2.28 bits per heavy atom. The second-order valence-corrected chi connectivity index (χ2v) is 4.04. The second-order valence-electron chi connectivity index (χ2n) is 4.04. The Hall–Kier alpha value is -2.24. The molecular formula is C12H16N4O2. The summed E-state index contributed by atoms with van der Waals surface area (Å²) < 4.78 is 0. The molecule has 1 heterocycles. The van der Waals surface area contributed by atoms with Crippen LogP contribution < -0.4 is 5.56 Å². The second kappa shape index (κ2) is 5.90. The number of nitrogens with zero attached hydrogens (tertiary/aromatic N) is 3. The maximum Gasteiger partial charge on any atom is 0.293 e. The van der Waals surface area contributed by atoms with Gasteiger partial charge in [-0.05, 0) is 19.6 Å². The standard InChI is InChI=1S/C12H16N4O2/c1-7(2)10(15-6-13-4)8(3)11-14-5-9(17)12(18)16-11/h5-7,17H,4H2,1-3H3,(H,14,16,18)/b10-8+,15-6?. The van der Waals surface area contributed by atoms with E-state index >= 15 is 0 Å². The Balaban J connectivity index is 3.33. The van der Waals surface area contributed by atoms with E-state index in [0.717, 1.165) is 17.5 Å². The van der Waals surface area contributed by atoms with Gasteiger partial charge in [-0.25, -0.2) is 9.98 Å². The lowest BCUT2D eigenvalue weighted by Crippen LogP contribution is -2.10. The number of hydrogen-bond acceptors (Lipinski definition) is 4. The highest BCUT2D eigenvalue weighted by Gasteiger charge is 2.10. The van der Waals surface area contributed by atoms with Gasteiger partial charge in [0.25, 0.3) is 5.56 Å². The molecule has 0 saturated heterocycles. The summed E-state index contributed by atoms with van der Waals surface area (Å²) >= 11 is 0. The normalized spacial score (nSPS) is 12.9. The van der Waals surface area contributed by atoms with E-state index in [0.29, 0.717) is 5.82 Å². The monoisotopic (exact) mass is 248 g/mol. The molecular weight excluding hydrogens is 232 g/mol. The number of aromatic hydroxyl groups is 1. The Morgan fingerprint density at radius 1 is 1.61 bits per heavy atom. The molecule has 1 rings (SSSR count). The highest BCUT2D eigenvalue weighted by Crippen LogP contribution is 2.21. The quantitative estimate of drug-likeness (QED) is 0.626. The molecule has 18 heavy (non-hydrogen) atoms. The van der Waals surface area contributed by atoms with Gasteiger partial charge in [0.2, 0.25) is 0 Å². The van der Waals surface area contributed by atoms with Gasteiger partial charge in [0.1, 0.15) is 12.2 Å². The van der Waals surface area contributed by atoms with Crippen LogP contribution in [0.5, 0.6) is 5.75 Å². The maximum atomic E-state index is 11.3. The first-order valence-corrected chi connectivity index (χ1v) is 5.45. The topological polar surface area (TPSA) is 90.7 Å². The fraction of sp³-hybridized carbons (Fsp3) is 0.333. The number of aromatic amines is 1. The van der Waals surface area contributed by atoms with E-state index in [1.165, 1.54) is 6.34 Å². The molecule has 1 aromatic rings.